The molecule has 9 heteroatoms. The number of hydrogen-bond donors (Lipinski definition) is 4. The van der Waals surface area contributed by atoms with Gasteiger partial charge in [-0.2, -0.15) is 0 Å². The van der Waals surface area contributed by atoms with Crippen LogP contribution in [0.3, 0.4) is 0 Å². The Labute approximate surface area is 115 Å². The van der Waals surface area contributed by atoms with E-state index in [1.165, 1.54) is 0 Å². The first-order valence-electron chi connectivity index (χ1n) is 6.38. The van der Waals surface area contributed by atoms with Gasteiger partial charge in [0.25, 0.3) is 0 Å². The van der Waals surface area contributed by atoms with Crippen LogP contribution in [-0.4, -0.2) is 72.7 Å². The quantitative estimate of drug-likeness (QED) is 0.472. The van der Waals surface area contributed by atoms with Crippen LogP contribution in [0.15, 0.2) is 6.20 Å². The predicted octanol–water partition coefficient (Wildman–Crippen LogP) is -2.39. The maximum atomic E-state index is 9.77. The highest BCUT2D eigenvalue weighted by molar-refractivity contribution is 4.92. The molecule has 0 aliphatic carbocycles. The van der Waals surface area contributed by atoms with Crippen molar-refractivity contribution in [3.63, 3.8) is 0 Å². The van der Waals surface area contributed by atoms with Crippen LogP contribution >= 0.6 is 0 Å². The number of aliphatic hydroxyl groups excluding tert-OH is 4. The Hall–Kier alpha value is -1.10. The molecular formula is C11H19N3O6. The van der Waals surface area contributed by atoms with Crippen molar-refractivity contribution in [1.29, 1.82) is 0 Å². The first-order chi connectivity index (χ1) is 9.56. The Morgan fingerprint density at radius 3 is 2.65 bits per heavy atom. The largest absolute Gasteiger partial charge is 0.394 e. The second kappa shape index (κ2) is 6.57. The minimum absolute atomic E-state index is 0.0304. The third-order valence-electron chi connectivity index (χ3n) is 3.15. The van der Waals surface area contributed by atoms with Crippen molar-refractivity contribution < 1.29 is 29.9 Å². The van der Waals surface area contributed by atoms with Crippen molar-refractivity contribution in [3.05, 3.63) is 11.9 Å². The van der Waals surface area contributed by atoms with Crippen LogP contribution in [0.5, 0.6) is 0 Å². The zero-order valence-corrected chi connectivity index (χ0v) is 11.0. The molecular weight excluding hydrogens is 270 g/mol. The van der Waals surface area contributed by atoms with Gasteiger partial charge in [-0.25, -0.2) is 0 Å². The highest BCUT2D eigenvalue weighted by Crippen LogP contribution is 2.22. The fraction of sp³-hybridized carbons (Fsp3) is 0.818. The molecule has 1 aliphatic heterocycles. The Morgan fingerprint density at radius 1 is 1.30 bits per heavy atom. The topological polar surface area (TPSA) is 130 Å². The van der Waals surface area contributed by atoms with Crippen LogP contribution in [0.25, 0.3) is 0 Å². The average molecular weight is 289 g/mol. The van der Waals surface area contributed by atoms with Gasteiger partial charge in [-0.3, -0.25) is 4.68 Å². The third-order valence-corrected chi connectivity index (χ3v) is 3.15. The summed E-state index contributed by atoms with van der Waals surface area (Å²) >= 11 is 0. The van der Waals surface area contributed by atoms with E-state index in [1.807, 2.05) is 6.92 Å². The molecule has 114 valence electrons. The maximum absolute atomic E-state index is 9.77. The SMILES string of the molecule is CCn1cc(CO[C@@H]2O[C@H](CO)[C@H](O)[C@H](O)[C@H]2O)nn1. The lowest BCUT2D eigenvalue weighted by molar-refractivity contribution is -0.304. The van der Waals surface area contributed by atoms with Crippen molar-refractivity contribution in [2.45, 2.75) is 50.8 Å². The van der Waals surface area contributed by atoms with Gasteiger partial charge in [0.15, 0.2) is 6.29 Å². The van der Waals surface area contributed by atoms with E-state index in [0.717, 1.165) is 0 Å². The van der Waals surface area contributed by atoms with E-state index < -0.39 is 37.3 Å². The van der Waals surface area contributed by atoms with E-state index in [2.05, 4.69) is 10.3 Å². The molecule has 5 atom stereocenters. The van der Waals surface area contributed by atoms with Crippen molar-refractivity contribution in [3.8, 4) is 0 Å². The summed E-state index contributed by atoms with van der Waals surface area (Å²) in [4.78, 5) is 0. The van der Waals surface area contributed by atoms with Gasteiger partial charge in [0, 0.05) is 6.54 Å². The van der Waals surface area contributed by atoms with Crippen molar-refractivity contribution >= 4 is 0 Å². The number of nitrogens with zero attached hydrogens (tertiary/aromatic N) is 3. The summed E-state index contributed by atoms with van der Waals surface area (Å²) in [5.74, 6) is 0. The smallest absolute Gasteiger partial charge is 0.187 e. The molecule has 1 aromatic heterocycles. The summed E-state index contributed by atoms with van der Waals surface area (Å²) in [6.07, 6.45) is -4.70. The second-order valence-corrected chi connectivity index (χ2v) is 4.57. The normalized spacial score (nSPS) is 34.4. The summed E-state index contributed by atoms with van der Waals surface area (Å²) in [6, 6.07) is 0. The minimum atomic E-state index is -1.45. The Kier molecular flexibility index (Phi) is 5.02. The molecule has 0 radical (unpaired) electrons. The van der Waals surface area contributed by atoms with Gasteiger partial charge < -0.3 is 29.9 Å². The van der Waals surface area contributed by atoms with Crippen LogP contribution in [0.4, 0.5) is 0 Å². The van der Waals surface area contributed by atoms with Gasteiger partial charge in [0.05, 0.1) is 19.4 Å². The zero-order chi connectivity index (χ0) is 14.7. The summed E-state index contributed by atoms with van der Waals surface area (Å²) in [5.41, 5.74) is 0.545. The van der Waals surface area contributed by atoms with E-state index in [1.54, 1.807) is 10.9 Å². The molecule has 20 heavy (non-hydrogen) atoms. The molecule has 1 aliphatic rings. The number of aryl methyl sites for hydroxylation is 1. The van der Waals surface area contributed by atoms with E-state index >= 15 is 0 Å². The first kappa shape index (κ1) is 15.3. The van der Waals surface area contributed by atoms with Crippen LogP contribution < -0.4 is 0 Å². The lowest BCUT2D eigenvalue weighted by atomic mass is 9.99. The summed E-state index contributed by atoms with van der Waals surface area (Å²) in [6.45, 7) is 2.13. The van der Waals surface area contributed by atoms with Gasteiger partial charge in [0.1, 0.15) is 30.1 Å². The van der Waals surface area contributed by atoms with Gasteiger partial charge >= 0.3 is 0 Å². The molecule has 0 aromatic carbocycles. The average Bonchev–Trinajstić information content (AvgIpc) is 2.92. The predicted molar refractivity (Wildman–Crippen MR) is 64.3 cm³/mol. The second-order valence-electron chi connectivity index (χ2n) is 4.57. The summed E-state index contributed by atoms with van der Waals surface area (Å²) in [7, 11) is 0. The van der Waals surface area contributed by atoms with Gasteiger partial charge in [-0.1, -0.05) is 5.21 Å². The van der Waals surface area contributed by atoms with Crippen LogP contribution in [-0.2, 0) is 22.6 Å². The molecule has 0 bridgehead atoms. The number of ether oxygens (including phenoxy) is 2. The fourth-order valence-electron chi connectivity index (χ4n) is 1.93. The lowest BCUT2D eigenvalue weighted by Crippen LogP contribution is -2.59. The van der Waals surface area contributed by atoms with Crippen molar-refractivity contribution in [1.82, 2.24) is 15.0 Å². The molecule has 0 spiro atoms. The molecule has 0 unspecified atom stereocenters. The number of aliphatic hydroxyl groups is 4. The van der Waals surface area contributed by atoms with Crippen molar-refractivity contribution in [2.24, 2.45) is 0 Å². The van der Waals surface area contributed by atoms with Crippen molar-refractivity contribution in [2.75, 3.05) is 6.61 Å². The Balaban J connectivity index is 1.94. The Bertz CT molecular complexity index is 426. The summed E-state index contributed by atoms with van der Waals surface area (Å²) < 4.78 is 12.1. The molecule has 2 heterocycles. The van der Waals surface area contributed by atoms with Gasteiger partial charge in [-0.15, -0.1) is 5.10 Å². The molecule has 1 aromatic rings. The van der Waals surface area contributed by atoms with E-state index in [9.17, 15) is 15.3 Å². The first-order valence-corrected chi connectivity index (χ1v) is 6.38. The molecule has 0 amide bonds. The van der Waals surface area contributed by atoms with Gasteiger partial charge in [0.2, 0.25) is 0 Å². The molecule has 1 fully saturated rings. The fourth-order valence-corrected chi connectivity index (χ4v) is 1.93. The summed E-state index contributed by atoms with van der Waals surface area (Å²) in [5, 5.41) is 45.7. The zero-order valence-electron chi connectivity index (χ0n) is 11.0. The van der Waals surface area contributed by atoms with E-state index in [0.29, 0.717) is 12.2 Å². The van der Waals surface area contributed by atoms with Crippen LogP contribution in [0.1, 0.15) is 12.6 Å². The van der Waals surface area contributed by atoms with Crippen LogP contribution in [0.2, 0.25) is 0 Å². The molecule has 9 nitrogen and oxygen atoms in total. The minimum Gasteiger partial charge on any atom is -0.394 e. The maximum Gasteiger partial charge on any atom is 0.187 e. The Morgan fingerprint density at radius 2 is 2.05 bits per heavy atom. The third kappa shape index (κ3) is 3.14. The molecule has 4 N–H and O–H groups in total. The standard InChI is InChI=1S/C11H19N3O6/c1-2-14-3-6(12-13-14)5-19-11-10(18)9(17)8(16)7(4-15)20-11/h3,7-11,15-18H,2,4-5H2,1H3/t7-,8+,9+,10-,11-/m1/s1. The molecule has 1 saturated heterocycles. The van der Waals surface area contributed by atoms with E-state index in [-0.39, 0.29) is 6.61 Å². The lowest BCUT2D eigenvalue weighted by Gasteiger charge is -2.39. The number of hydrogen-bond acceptors (Lipinski definition) is 8. The van der Waals surface area contributed by atoms with Crippen LogP contribution in [0, 0.1) is 0 Å². The van der Waals surface area contributed by atoms with E-state index in [4.69, 9.17) is 14.6 Å². The molecule has 0 saturated carbocycles. The highest BCUT2D eigenvalue weighted by atomic mass is 16.7. The number of rotatable bonds is 5. The molecule has 2 rings (SSSR count). The number of aromatic nitrogens is 3. The highest BCUT2D eigenvalue weighted by Gasteiger charge is 2.44. The van der Waals surface area contributed by atoms with Gasteiger partial charge in [-0.05, 0) is 6.92 Å². The monoisotopic (exact) mass is 289 g/mol.